The van der Waals surface area contributed by atoms with Crippen molar-refractivity contribution < 1.29 is 14.3 Å². The standard InChI is InChI=1S/C16H18N2O3/c1-4-21-16(20)14-11(3)17-9-13(14)18-15(19)12-7-5-10(2)6-8-12/h5-9,17H,4H2,1-3H3,(H,18,19). The minimum Gasteiger partial charge on any atom is -0.462 e. The zero-order chi connectivity index (χ0) is 15.4. The molecule has 0 spiro atoms. The Balaban J connectivity index is 2.22. The first-order valence-electron chi connectivity index (χ1n) is 6.76. The molecule has 0 bridgehead atoms. The van der Waals surface area contributed by atoms with E-state index in [1.54, 1.807) is 32.2 Å². The lowest BCUT2D eigenvalue weighted by atomic mass is 10.1. The van der Waals surface area contributed by atoms with Gasteiger partial charge in [0.05, 0.1) is 12.3 Å². The molecule has 5 heteroatoms. The van der Waals surface area contributed by atoms with Crippen LogP contribution in [0, 0.1) is 13.8 Å². The summed E-state index contributed by atoms with van der Waals surface area (Å²) in [6.45, 7) is 5.74. The molecule has 5 nitrogen and oxygen atoms in total. The van der Waals surface area contributed by atoms with Gasteiger partial charge in [0.1, 0.15) is 5.56 Å². The molecule has 0 atom stereocenters. The maximum Gasteiger partial charge on any atom is 0.342 e. The maximum absolute atomic E-state index is 12.2. The van der Waals surface area contributed by atoms with Crippen LogP contribution in [-0.2, 0) is 4.74 Å². The van der Waals surface area contributed by atoms with Gasteiger partial charge in [0, 0.05) is 17.5 Å². The van der Waals surface area contributed by atoms with E-state index in [4.69, 9.17) is 4.74 Å². The Kier molecular flexibility index (Phi) is 4.42. The summed E-state index contributed by atoms with van der Waals surface area (Å²) in [7, 11) is 0. The number of rotatable bonds is 4. The third-order valence-electron chi connectivity index (χ3n) is 3.12. The summed E-state index contributed by atoms with van der Waals surface area (Å²) in [6, 6.07) is 7.22. The highest BCUT2D eigenvalue weighted by Gasteiger charge is 2.19. The average Bonchev–Trinajstić information content (AvgIpc) is 2.80. The number of amides is 1. The molecule has 0 saturated carbocycles. The first-order chi connectivity index (χ1) is 10.0. The van der Waals surface area contributed by atoms with Gasteiger partial charge < -0.3 is 15.0 Å². The number of nitrogens with one attached hydrogen (secondary N) is 2. The number of carbonyl (C=O) groups excluding carboxylic acids is 2. The first kappa shape index (κ1) is 14.8. The van der Waals surface area contributed by atoms with E-state index >= 15 is 0 Å². The molecule has 0 unspecified atom stereocenters. The number of H-pyrrole nitrogens is 1. The third kappa shape index (κ3) is 3.31. The Morgan fingerprint density at radius 2 is 1.86 bits per heavy atom. The number of benzene rings is 1. The van der Waals surface area contributed by atoms with Gasteiger partial charge in [-0.1, -0.05) is 17.7 Å². The molecule has 2 N–H and O–H groups in total. The molecule has 0 aliphatic rings. The number of hydrogen-bond acceptors (Lipinski definition) is 3. The smallest absolute Gasteiger partial charge is 0.342 e. The van der Waals surface area contributed by atoms with Gasteiger partial charge >= 0.3 is 5.97 Å². The second-order valence-corrected chi connectivity index (χ2v) is 4.74. The fraction of sp³-hybridized carbons (Fsp3) is 0.250. The normalized spacial score (nSPS) is 10.2. The van der Waals surface area contributed by atoms with Gasteiger partial charge in [0.2, 0.25) is 0 Å². The largest absolute Gasteiger partial charge is 0.462 e. The van der Waals surface area contributed by atoms with Gasteiger partial charge in [-0.25, -0.2) is 4.79 Å². The van der Waals surface area contributed by atoms with E-state index in [0.29, 0.717) is 22.5 Å². The molecule has 21 heavy (non-hydrogen) atoms. The number of aromatic amines is 1. The number of hydrogen-bond donors (Lipinski definition) is 2. The second kappa shape index (κ2) is 6.26. The summed E-state index contributed by atoms with van der Waals surface area (Å²) >= 11 is 0. The summed E-state index contributed by atoms with van der Waals surface area (Å²) in [6.07, 6.45) is 1.59. The van der Waals surface area contributed by atoms with Crippen molar-refractivity contribution in [1.29, 1.82) is 0 Å². The second-order valence-electron chi connectivity index (χ2n) is 4.74. The van der Waals surface area contributed by atoms with Crippen molar-refractivity contribution in [1.82, 2.24) is 4.98 Å². The number of anilines is 1. The van der Waals surface area contributed by atoms with Crippen LogP contribution in [0.4, 0.5) is 5.69 Å². The van der Waals surface area contributed by atoms with E-state index in [0.717, 1.165) is 5.56 Å². The molecule has 2 rings (SSSR count). The molecule has 1 aromatic carbocycles. The monoisotopic (exact) mass is 286 g/mol. The van der Waals surface area contributed by atoms with Gasteiger partial charge in [0.25, 0.3) is 5.91 Å². The molecular weight excluding hydrogens is 268 g/mol. The predicted octanol–water partition coefficient (Wildman–Crippen LogP) is 3.06. The van der Waals surface area contributed by atoms with E-state index in [-0.39, 0.29) is 12.5 Å². The third-order valence-corrected chi connectivity index (χ3v) is 3.12. The van der Waals surface area contributed by atoms with Gasteiger partial charge in [-0.05, 0) is 32.9 Å². The van der Waals surface area contributed by atoms with Crippen LogP contribution in [0.25, 0.3) is 0 Å². The molecule has 0 fully saturated rings. The lowest BCUT2D eigenvalue weighted by Gasteiger charge is -2.07. The van der Waals surface area contributed by atoms with Gasteiger partial charge in [-0.2, -0.15) is 0 Å². The SMILES string of the molecule is CCOC(=O)c1c(NC(=O)c2ccc(C)cc2)c[nH]c1C. The Hall–Kier alpha value is -2.56. The molecule has 0 radical (unpaired) electrons. The molecule has 1 aromatic heterocycles. The van der Waals surface area contributed by atoms with E-state index in [1.165, 1.54) is 0 Å². The number of ether oxygens (including phenoxy) is 1. The fourth-order valence-corrected chi connectivity index (χ4v) is 1.99. The van der Waals surface area contributed by atoms with Crippen molar-refractivity contribution in [2.75, 3.05) is 11.9 Å². The van der Waals surface area contributed by atoms with Gasteiger partial charge in [-0.3, -0.25) is 4.79 Å². The molecule has 1 heterocycles. The molecular formula is C16H18N2O3. The van der Waals surface area contributed by atoms with Crippen molar-refractivity contribution in [3.8, 4) is 0 Å². The quantitative estimate of drug-likeness (QED) is 0.848. The summed E-state index contributed by atoms with van der Waals surface area (Å²) in [5, 5.41) is 2.74. The van der Waals surface area contributed by atoms with E-state index in [2.05, 4.69) is 10.3 Å². The number of aryl methyl sites for hydroxylation is 2. The fourth-order valence-electron chi connectivity index (χ4n) is 1.99. The summed E-state index contributed by atoms with van der Waals surface area (Å²) in [4.78, 5) is 27.0. The van der Waals surface area contributed by atoms with Crippen LogP contribution in [-0.4, -0.2) is 23.5 Å². The highest BCUT2D eigenvalue weighted by molar-refractivity contribution is 6.08. The highest BCUT2D eigenvalue weighted by Crippen LogP contribution is 2.21. The Morgan fingerprint density at radius 1 is 1.19 bits per heavy atom. The van der Waals surface area contributed by atoms with Crippen LogP contribution < -0.4 is 5.32 Å². The summed E-state index contributed by atoms with van der Waals surface area (Å²) in [5.74, 6) is -0.713. The van der Waals surface area contributed by atoms with Crippen LogP contribution in [0.5, 0.6) is 0 Å². The van der Waals surface area contributed by atoms with Crippen LogP contribution in [0.3, 0.4) is 0 Å². The minimum atomic E-state index is -0.449. The van der Waals surface area contributed by atoms with Gasteiger partial charge in [-0.15, -0.1) is 0 Å². The highest BCUT2D eigenvalue weighted by atomic mass is 16.5. The predicted molar refractivity (Wildman–Crippen MR) is 80.6 cm³/mol. The minimum absolute atomic E-state index is 0.264. The topological polar surface area (TPSA) is 71.2 Å². The zero-order valence-electron chi connectivity index (χ0n) is 12.3. The maximum atomic E-state index is 12.2. The van der Waals surface area contributed by atoms with Crippen molar-refractivity contribution in [2.24, 2.45) is 0 Å². The zero-order valence-corrected chi connectivity index (χ0v) is 12.3. The summed E-state index contributed by atoms with van der Waals surface area (Å²) in [5.41, 5.74) is 3.06. The van der Waals surface area contributed by atoms with E-state index in [9.17, 15) is 9.59 Å². The van der Waals surface area contributed by atoms with Crippen molar-refractivity contribution in [3.63, 3.8) is 0 Å². The summed E-state index contributed by atoms with van der Waals surface area (Å²) < 4.78 is 5.00. The van der Waals surface area contributed by atoms with Crippen LogP contribution in [0.2, 0.25) is 0 Å². The van der Waals surface area contributed by atoms with Crippen molar-refractivity contribution >= 4 is 17.6 Å². The molecule has 110 valence electrons. The van der Waals surface area contributed by atoms with Crippen LogP contribution in [0.15, 0.2) is 30.5 Å². The van der Waals surface area contributed by atoms with Crippen molar-refractivity contribution in [3.05, 3.63) is 52.8 Å². The van der Waals surface area contributed by atoms with E-state index < -0.39 is 5.97 Å². The Bertz CT molecular complexity index is 657. The lowest BCUT2D eigenvalue weighted by Crippen LogP contribution is -2.15. The van der Waals surface area contributed by atoms with Crippen LogP contribution >= 0.6 is 0 Å². The average molecular weight is 286 g/mol. The molecule has 2 aromatic rings. The number of esters is 1. The lowest BCUT2D eigenvalue weighted by molar-refractivity contribution is 0.0527. The number of carbonyl (C=O) groups is 2. The van der Waals surface area contributed by atoms with Crippen LogP contribution in [0.1, 0.15) is 38.9 Å². The molecule has 0 aliphatic carbocycles. The first-order valence-corrected chi connectivity index (χ1v) is 6.76. The van der Waals surface area contributed by atoms with Gasteiger partial charge in [0.15, 0.2) is 0 Å². The molecule has 0 saturated heterocycles. The molecule has 1 amide bonds. The number of aromatic nitrogens is 1. The van der Waals surface area contributed by atoms with E-state index in [1.807, 2.05) is 19.1 Å². The van der Waals surface area contributed by atoms with Crippen molar-refractivity contribution in [2.45, 2.75) is 20.8 Å². The Labute approximate surface area is 123 Å². The Morgan fingerprint density at radius 3 is 2.48 bits per heavy atom. The molecule has 0 aliphatic heterocycles.